The molecule has 3 heterocycles. The van der Waals surface area contributed by atoms with Gasteiger partial charge < -0.3 is 10.2 Å². The third-order valence-electron chi connectivity index (χ3n) is 6.18. The highest BCUT2D eigenvalue weighted by atomic mass is 32.2. The summed E-state index contributed by atoms with van der Waals surface area (Å²) in [5.74, 6) is -0.312. The maximum Gasteiger partial charge on any atom is 0.243 e. The lowest BCUT2D eigenvalue weighted by atomic mass is 9.97. The quantitative estimate of drug-likeness (QED) is 0.743. The molecular weight excluding hydrogens is 428 g/mol. The number of aromatic nitrogens is 1. The summed E-state index contributed by atoms with van der Waals surface area (Å²) in [6, 6.07) is 10.6. The van der Waals surface area contributed by atoms with E-state index in [0.29, 0.717) is 39.0 Å². The zero-order valence-electron chi connectivity index (χ0n) is 18.2. The molecule has 1 aromatic heterocycles. The van der Waals surface area contributed by atoms with E-state index in [1.54, 1.807) is 29.3 Å². The van der Waals surface area contributed by atoms with Crippen LogP contribution < -0.4 is 10.2 Å². The van der Waals surface area contributed by atoms with Crippen LogP contribution in [0.25, 0.3) is 0 Å². The van der Waals surface area contributed by atoms with Gasteiger partial charge in [0.25, 0.3) is 0 Å². The van der Waals surface area contributed by atoms with Crippen molar-refractivity contribution in [2.45, 2.75) is 44.0 Å². The molecule has 170 valence electrons. The van der Waals surface area contributed by atoms with Gasteiger partial charge in [-0.05, 0) is 61.6 Å². The normalized spacial score (nSPS) is 17.6. The summed E-state index contributed by atoms with van der Waals surface area (Å²) in [5.41, 5.74) is 2.47. The molecule has 0 bridgehead atoms. The van der Waals surface area contributed by atoms with E-state index < -0.39 is 10.0 Å². The van der Waals surface area contributed by atoms with E-state index in [1.165, 1.54) is 11.2 Å². The molecule has 1 N–H and O–H groups in total. The molecule has 9 heteroatoms. The number of fused-ring (bicyclic) bond motifs is 1. The van der Waals surface area contributed by atoms with Gasteiger partial charge in [0, 0.05) is 44.4 Å². The van der Waals surface area contributed by atoms with Crippen molar-refractivity contribution in [1.82, 2.24) is 14.6 Å². The van der Waals surface area contributed by atoms with Crippen LogP contribution in [0.1, 0.15) is 37.4 Å². The van der Waals surface area contributed by atoms with E-state index in [2.05, 4.69) is 10.3 Å². The third kappa shape index (κ3) is 4.68. The van der Waals surface area contributed by atoms with Gasteiger partial charge in [-0.15, -0.1) is 0 Å². The summed E-state index contributed by atoms with van der Waals surface area (Å²) >= 11 is 0. The second-order valence-corrected chi connectivity index (χ2v) is 10.2. The number of rotatable bonds is 5. The van der Waals surface area contributed by atoms with Gasteiger partial charge in [0.15, 0.2) is 0 Å². The number of carbonyl (C=O) groups is 2. The van der Waals surface area contributed by atoms with Gasteiger partial charge in [0.05, 0.1) is 17.1 Å². The Kier molecular flexibility index (Phi) is 6.57. The molecule has 32 heavy (non-hydrogen) atoms. The number of carbonyl (C=O) groups excluding carboxylic acids is 2. The minimum atomic E-state index is -3.65. The number of pyridine rings is 1. The average molecular weight is 457 g/mol. The Labute approximate surface area is 188 Å². The number of anilines is 1. The molecule has 8 nitrogen and oxygen atoms in total. The Hall–Kier alpha value is -2.78. The zero-order chi connectivity index (χ0) is 22.7. The average Bonchev–Trinajstić information content (AvgIpc) is 2.82. The van der Waals surface area contributed by atoms with E-state index in [1.807, 2.05) is 18.2 Å². The van der Waals surface area contributed by atoms with Crippen molar-refractivity contribution in [3.05, 3.63) is 53.9 Å². The van der Waals surface area contributed by atoms with Gasteiger partial charge in [-0.2, -0.15) is 4.31 Å². The van der Waals surface area contributed by atoms with E-state index in [0.717, 1.165) is 29.8 Å². The van der Waals surface area contributed by atoms with Crippen LogP contribution in [0, 0.1) is 5.92 Å². The molecule has 0 aliphatic carbocycles. The van der Waals surface area contributed by atoms with Crippen molar-refractivity contribution >= 4 is 27.5 Å². The maximum atomic E-state index is 13.2. The predicted octanol–water partition coefficient (Wildman–Crippen LogP) is 2.10. The first kappa shape index (κ1) is 22.4. The summed E-state index contributed by atoms with van der Waals surface area (Å²) in [7, 11) is -3.65. The number of nitrogens with zero attached hydrogens (tertiary/aromatic N) is 3. The molecule has 0 spiro atoms. The first-order valence-electron chi connectivity index (χ1n) is 10.9. The molecule has 1 saturated heterocycles. The number of hydrogen-bond donors (Lipinski definition) is 1. The topological polar surface area (TPSA) is 99.7 Å². The molecule has 2 aromatic rings. The first-order valence-corrected chi connectivity index (χ1v) is 12.4. The van der Waals surface area contributed by atoms with Gasteiger partial charge >= 0.3 is 0 Å². The molecule has 0 unspecified atom stereocenters. The fraction of sp³-hybridized carbons (Fsp3) is 0.435. The molecule has 0 radical (unpaired) electrons. The Morgan fingerprint density at radius 1 is 1.12 bits per heavy atom. The summed E-state index contributed by atoms with van der Waals surface area (Å²) in [6.07, 6.45) is 4.21. The lowest BCUT2D eigenvalue weighted by Gasteiger charge is -2.32. The van der Waals surface area contributed by atoms with Crippen LogP contribution >= 0.6 is 0 Å². The number of amides is 2. The Balaban J connectivity index is 1.39. The van der Waals surface area contributed by atoms with Gasteiger partial charge in [-0.1, -0.05) is 6.07 Å². The van der Waals surface area contributed by atoms with Gasteiger partial charge in [0.1, 0.15) is 0 Å². The zero-order valence-corrected chi connectivity index (χ0v) is 19.0. The lowest BCUT2D eigenvalue weighted by molar-refractivity contribution is -0.126. The van der Waals surface area contributed by atoms with Crippen LogP contribution in [0.4, 0.5) is 5.69 Å². The molecule has 0 atom stereocenters. The monoisotopic (exact) mass is 456 g/mol. The van der Waals surface area contributed by atoms with Crippen molar-refractivity contribution in [3.63, 3.8) is 0 Å². The molecule has 1 fully saturated rings. The van der Waals surface area contributed by atoms with Crippen molar-refractivity contribution in [1.29, 1.82) is 0 Å². The second-order valence-electron chi connectivity index (χ2n) is 8.28. The van der Waals surface area contributed by atoms with Gasteiger partial charge in [-0.25, -0.2) is 8.42 Å². The number of hydrogen-bond acceptors (Lipinski definition) is 5. The van der Waals surface area contributed by atoms with Crippen molar-refractivity contribution in [3.8, 4) is 0 Å². The highest BCUT2D eigenvalue weighted by molar-refractivity contribution is 7.89. The van der Waals surface area contributed by atoms with Crippen LogP contribution in [0.5, 0.6) is 0 Å². The summed E-state index contributed by atoms with van der Waals surface area (Å²) in [6.45, 7) is 3.16. The summed E-state index contributed by atoms with van der Waals surface area (Å²) in [4.78, 5) is 30.5. The summed E-state index contributed by atoms with van der Waals surface area (Å²) in [5, 5.41) is 2.90. The predicted molar refractivity (Wildman–Crippen MR) is 120 cm³/mol. The smallest absolute Gasteiger partial charge is 0.243 e. The largest absolute Gasteiger partial charge is 0.350 e. The SMILES string of the molecule is CC(=O)N1CCCc2cc(S(=O)(=O)N3CCC(C(=O)NCc4ccccn4)CC3)ccc21. The highest BCUT2D eigenvalue weighted by Gasteiger charge is 2.33. The minimum Gasteiger partial charge on any atom is -0.350 e. The number of aryl methyl sites for hydroxylation is 1. The highest BCUT2D eigenvalue weighted by Crippen LogP contribution is 2.31. The number of sulfonamides is 1. The molecule has 4 rings (SSSR count). The van der Waals surface area contributed by atoms with E-state index >= 15 is 0 Å². The van der Waals surface area contributed by atoms with E-state index in [4.69, 9.17) is 0 Å². The van der Waals surface area contributed by atoms with E-state index in [9.17, 15) is 18.0 Å². The third-order valence-corrected chi connectivity index (χ3v) is 8.08. The lowest BCUT2D eigenvalue weighted by Crippen LogP contribution is -2.43. The van der Waals surface area contributed by atoms with Crippen LogP contribution in [0.15, 0.2) is 47.5 Å². The fourth-order valence-electron chi connectivity index (χ4n) is 4.39. The maximum absolute atomic E-state index is 13.2. The Morgan fingerprint density at radius 3 is 2.59 bits per heavy atom. The second kappa shape index (κ2) is 9.38. The molecule has 0 saturated carbocycles. The number of benzene rings is 1. The molecule has 2 aliphatic rings. The Morgan fingerprint density at radius 2 is 1.91 bits per heavy atom. The van der Waals surface area contributed by atoms with E-state index in [-0.39, 0.29) is 22.6 Å². The molecule has 2 amide bonds. The minimum absolute atomic E-state index is 0.0371. The van der Waals surface area contributed by atoms with Crippen molar-refractivity contribution in [2.24, 2.45) is 5.92 Å². The van der Waals surface area contributed by atoms with Crippen LogP contribution in [-0.2, 0) is 32.6 Å². The molecule has 1 aromatic carbocycles. The standard InChI is InChI=1S/C23H28N4O4S/c1-17(28)27-12-4-5-19-15-21(7-8-22(19)27)32(30,31)26-13-9-18(10-14-26)23(29)25-16-20-6-2-3-11-24-20/h2-3,6-8,11,15,18H,4-5,9-10,12-14,16H2,1H3,(H,25,29). The summed E-state index contributed by atoms with van der Waals surface area (Å²) < 4.78 is 27.9. The Bertz CT molecular complexity index is 1100. The number of nitrogens with one attached hydrogen (secondary N) is 1. The van der Waals surface area contributed by atoms with Crippen LogP contribution in [0.2, 0.25) is 0 Å². The van der Waals surface area contributed by atoms with Gasteiger partial charge in [-0.3, -0.25) is 14.6 Å². The molecule has 2 aliphatic heterocycles. The number of piperidine rings is 1. The van der Waals surface area contributed by atoms with Crippen LogP contribution in [-0.4, -0.2) is 49.2 Å². The van der Waals surface area contributed by atoms with Crippen molar-refractivity contribution < 1.29 is 18.0 Å². The first-order chi connectivity index (χ1) is 15.4. The molecular formula is C23H28N4O4S. The van der Waals surface area contributed by atoms with Gasteiger partial charge in [0.2, 0.25) is 21.8 Å². The fourth-order valence-corrected chi connectivity index (χ4v) is 5.91. The van der Waals surface area contributed by atoms with Crippen LogP contribution in [0.3, 0.4) is 0 Å². The van der Waals surface area contributed by atoms with Crippen molar-refractivity contribution in [2.75, 3.05) is 24.5 Å².